The quantitative estimate of drug-likeness (QED) is 0.142. The Morgan fingerprint density at radius 1 is 0.806 bits per heavy atom. The zero-order valence-electron chi connectivity index (χ0n) is 20.7. The van der Waals surface area contributed by atoms with E-state index in [4.69, 9.17) is 9.84 Å². The van der Waals surface area contributed by atoms with E-state index < -0.39 is 12.1 Å². The molecule has 6 nitrogen and oxygen atoms in total. The highest BCUT2D eigenvalue weighted by Gasteiger charge is 2.24. The molecule has 2 N–H and O–H groups in total. The molecule has 0 aliphatic carbocycles. The van der Waals surface area contributed by atoms with Crippen molar-refractivity contribution in [3.8, 4) is 0 Å². The number of carbonyl (C=O) groups is 2. The van der Waals surface area contributed by atoms with E-state index in [1.807, 2.05) is 21.1 Å². The second-order valence-corrected chi connectivity index (χ2v) is 10.1. The predicted octanol–water partition coefficient (Wildman–Crippen LogP) is 5.31. The molecule has 0 aromatic rings. The maximum Gasteiger partial charge on any atom is 0.307 e. The number of carboxylic acids is 1. The number of carbonyl (C=O) groups excluding carboxylic acids is 1. The average Bonchev–Trinajstić information content (AvgIpc) is 2.64. The van der Waals surface area contributed by atoms with Gasteiger partial charge in [0.05, 0.1) is 33.7 Å². The van der Waals surface area contributed by atoms with Gasteiger partial charge in [0.1, 0.15) is 6.54 Å². The fourth-order valence-corrected chi connectivity index (χ4v) is 3.86. The zero-order valence-corrected chi connectivity index (χ0v) is 20.7. The van der Waals surface area contributed by atoms with Crippen molar-refractivity contribution in [2.45, 2.75) is 122 Å². The van der Waals surface area contributed by atoms with Gasteiger partial charge in [-0.25, -0.2) is 0 Å². The molecule has 0 aromatic carbocycles. The summed E-state index contributed by atoms with van der Waals surface area (Å²) in [5.74, 6) is -1.25. The smallest absolute Gasteiger partial charge is 0.307 e. The summed E-state index contributed by atoms with van der Waals surface area (Å²) in [6.07, 6.45) is 15.1. The van der Waals surface area contributed by atoms with E-state index in [2.05, 4.69) is 6.92 Å². The van der Waals surface area contributed by atoms with Gasteiger partial charge < -0.3 is 19.4 Å². The van der Waals surface area contributed by atoms with Crippen molar-refractivity contribution in [1.82, 2.24) is 0 Å². The van der Waals surface area contributed by atoms with Gasteiger partial charge in [0.15, 0.2) is 6.10 Å². The van der Waals surface area contributed by atoms with Gasteiger partial charge in [-0.2, -0.15) is 0 Å². The highest BCUT2D eigenvalue weighted by Crippen LogP contribution is 2.15. The van der Waals surface area contributed by atoms with Crippen LogP contribution in [0.1, 0.15) is 110 Å². The number of nitrogens with zero attached hydrogens (tertiary/aromatic N) is 1. The number of ether oxygens (including phenoxy) is 1. The summed E-state index contributed by atoms with van der Waals surface area (Å²) >= 11 is 0. The molecular formula is C25H50NO5+. The molecule has 0 radical (unpaired) electrons. The molecular weight excluding hydrogens is 394 g/mol. The normalized spacial score (nSPS) is 13.7. The molecule has 0 fully saturated rings. The minimum Gasteiger partial charge on any atom is -0.481 e. The molecule has 0 aliphatic heterocycles. The predicted molar refractivity (Wildman–Crippen MR) is 126 cm³/mol. The lowest BCUT2D eigenvalue weighted by Crippen LogP contribution is -2.43. The van der Waals surface area contributed by atoms with Crippen LogP contribution in [0, 0.1) is 0 Å². The number of carboxylic acid groups (broad SMARTS) is 1. The fraction of sp³-hybridized carbons (Fsp3) is 0.920. The summed E-state index contributed by atoms with van der Waals surface area (Å²) < 4.78 is 5.95. The molecule has 0 aromatic heterocycles. The number of quaternary nitrogens is 1. The van der Waals surface area contributed by atoms with E-state index in [9.17, 15) is 14.7 Å². The Bertz CT molecular complexity index is 461. The molecule has 0 heterocycles. The van der Waals surface area contributed by atoms with E-state index in [1.165, 1.54) is 38.5 Å². The van der Waals surface area contributed by atoms with Crippen molar-refractivity contribution in [2.75, 3.05) is 27.7 Å². The largest absolute Gasteiger partial charge is 0.481 e. The lowest BCUT2D eigenvalue weighted by molar-refractivity contribution is -0.873. The lowest BCUT2D eigenvalue weighted by Gasteiger charge is -2.28. The molecule has 0 bridgehead atoms. The Morgan fingerprint density at radius 3 is 1.77 bits per heavy atom. The number of aliphatic hydroxyl groups is 1. The number of hydrogen-bond donors (Lipinski definition) is 2. The summed E-state index contributed by atoms with van der Waals surface area (Å²) in [7, 11) is 5.86. The molecule has 0 rings (SSSR count). The van der Waals surface area contributed by atoms with Crippen LogP contribution in [0.2, 0.25) is 0 Å². The van der Waals surface area contributed by atoms with E-state index >= 15 is 0 Å². The van der Waals surface area contributed by atoms with Crippen molar-refractivity contribution in [3.05, 3.63) is 0 Å². The van der Waals surface area contributed by atoms with Crippen LogP contribution < -0.4 is 0 Å². The Balaban J connectivity index is 3.69. The summed E-state index contributed by atoms with van der Waals surface area (Å²) in [6.45, 7) is 2.72. The van der Waals surface area contributed by atoms with Crippen molar-refractivity contribution in [2.24, 2.45) is 0 Å². The third-order valence-electron chi connectivity index (χ3n) is 5.51. The number of rotatable bonds is 21. The van der Waals surface area contributed by atoms with Crippen LogP contribution >= 0.6 is 0 Å². The van der Waals surface area contributed by atoms with Gasteiger partial charge in [-0.3, -0.25) is 9.59 Å². The first kappa shape index (κ1) is 29.9. The van der Waals surface area contributed by atoms with Crippen molar-refractivity contribution >= 4 is 11.9 Å². The van der Waals surface area contributed by atoms with Crippen LogP contribution in [0.25, 0.3) is 0 Å². The van der Waals surface area contributed by atoms with Gasteiger partial charge in [-0.05, 0) is 19.3 Å². The van der Waals surface area contributed by atoms with Crippen LogP contribution in [-0.2, 0) is 14.3 Å². The van der Waals surface area contributed by atoms with E-state index in [1.54, 1.807) is 0 Å². The summed E-state index contributed by atoms with van der Waals surface area (Å²) in [5, 5.41) is 19.1. The standard InChI is InChI=1S/C25H49NO5/c1-5-6-7-8-9-11-14-17-22(27)18-15-12-10-13-16-19-25(30)31-23(20-24(28)29)21-26(2,3)4/h22-23,27H,5-21H2,1-4H3/p+1. The van der Waals surface area contributed by atoms with Crippen molar-refractivity contribution in [3.63, 3.8) is 0 Å². The molecule has 0 saturated carbocycles. The minimum absolute atomic E-state index is 0.150. The van der Waals surface area contributed by atoms with Crippen molar-refractivity contribution < 1.29 is 29.0 Å². The van der Waals surface area contributed by atoms with E-state index in [0.717, 1.165) is 51.4 Å². The molecule has 0 spiro atoms. The SMILES string of the molecule is CCCCCCCCCC(O)CCCCCCCC(=O)OC(CC(=O)O)C[N+](C)(C)C. The second-order valence-electron chi connectivity index (χ2n) is 10.1. The second kappa shape index (κ2) is 18.4. The number of aliphatic carboxylic acids is 1. The Hall–Kier alpha value is -1.14. The maximum atomic E-state index is 12.0. The summed E-state index contributed by atoms with van der Waals surface area (Å²) in [6, 6.07) is 0. The molecule has 31 heavy (non-hydrogen) atoms. The fourth-order valence-electron chi connectivity index (χ4n) is 3.86. The summed E-state index contributed by atoms with van der Waals surface area (Å²) in [4.78, 5) is 23.0. The maximum absolute atomic E-state index is 12.0. The molecule has 0 amide bonds. The highest BCUT2D eigenvalue weighted by atomic mass is 16.5. The molecule has 6 heteroatoms. The number of likely N-dealkylation sites (N-methyl/N-ethyl adjacent to an activating group) is 1. The molecule has 2 atom stereocenters. The van der Waals surface area contributed by atoms with E-state index in [0.29, 0.717) is 17.4 Å². The van der Waals surface area contributed by atoms with Crippen LogP contribution in [0.3, 0.4) is 0 Å². The van der Waals surface area contributed by atoms with Crippen LogP contribution in [-0.4, -0.2) is 66.5 Å². The monoisotopic (exact) mass is 444 g/mol. The van der Waals surface area contributed by atoms with Gasteiger partial charge >= 0.3 is 11.9 Å². The van der Waals surface area contributed by atoms with Crippen LogP contribution in [0.15, 0.2) is 0 Å². The van der Waals surface area contributed by atoms with Crippen LogP contribution in [0.5, 0.6) is 0 Å². The van der Waals surface area contributed by atoms with E-state index in [-0.39, 0.29) is 18.5 Å². The number of hydrogen-bond acceptors (Lipinski definition) is 4. The third kappa shape index (κ3) is 21.9. The van der Waals surface area contributed by atoms with Gasteiger partial charge in [-0.1, -0.05) is 77.6 Å². The molecule has 2 unspecified atom stereocenters. The summed E-state index contributed by atoms with van der Waals surface area (Å²) in [5.41, 5.74) is 0. The minimum atomic E-state index is -0.944. The number of esters is 1. The first-order chi connectivity index (χ1) is 14.6. The Kier molecular flexibility index (Phi) is 17.8. The number of unbranched alkanes of at least 4 members (excludes halogenated alkanes) is 10. The lowest BCUT2D eigenvalue weighted by atomic mass is 10.0. The topological polar surface area (TPSA) is 83.8 Å². The van der Waals surface area contributed by atoms with Crippen molar-refractivity contribution in [1.29, 1.82) is 0 Å². The Labute approximate surface area is 190 Å². The molecule has 0 saturated heterocycles. The molecule has 184 valence electrons. The highest BCUT2D eigenvalue weighted by molar-refractivity contribution is 5.71. The Morgan fingerprint density at radius 2 is 1.29 bits per heavy atom. The van der Waals surface area contributed by atoms with Gasteiger partial charge in [0.25, 0.3) is 0 Å². The first-order valence-electron chi connectivity index (χ1n) is 12.5. The third-order valence-corrected chi connectivity index (χ3v) is 5.51. The number of aliphatic hydroxyl groups excluding tert-OH is 1. The van der Waals surface area contributed by atoms with Gasteiger partial charge in [-0.15, -0.1) is 0 Å². The molecule has 0 aliphatic rings. The van der Waals surface area contributed by atoms with Gasteiger partial charge in [0.2, 0.25) is 0 Å². The zero-order chi connectivity index (χ0) is 23.5. The van der Waals surface area contributed by atoms with Crippen LogP contribution in [0.4, 0.5) is 0 Å². The average molecular weight is 445 g/mol. The first-order valence-corrected chi connectivity index (χ1v) is 12.5. The van der Waals surface area contributed by atoms with Gasteiger partial charge in [0, 0.05) is 6.42 Å².